The number of halogens is 2. The summed E-state index contributed by atoms with van der Waals surface area (Å²) in [5.74, 6) is 1.79. The van der Waals surface area contributed by atoms with Crippen molar-refractivity contribution >= 4 is 27.5 Å². The third-order valence-electron chi connectivity index (χ3n) is 8.81. The number of terminal acetylenes is 1. The number of nitrogens with one attached hydrogen (secondary N) is 1. The SMILES string of the molecule is C#Cc1c(F)ccc2cc(O)cc(-c3ccc4c(N5CC[C@H]6CCC(C5)N6)nc(OCCCCCCN(C)C)nc4c3F)c12. The summed E-state index contributed by atoms with van der Waals surface area (Å²) in [6.45, 7) is 3.04. The average molecular weight is 600 g/mol. The molecule has 6 rings (SSSR count). The summed E-state index contributed by atoms with van der Waals surface area (Å²) in [7, 11) is 4.15. The molecule has 3 aromatic carbocycles. The summed E-state index contributed by atoms with van der Waals surface area (Å²) < 4.78 is 37.5. The first-order valence-corrected chi connectivity index (χ1v) is 15.5. The number of phenols is 1. The minimum Gasteiger partial charge on any atom is -0.508 e. The molecule has 4 aromatic rings. The quantitative estimate of drug-likeness (QED) is 0.165. The monoisotopic (exact) mass is 599 g/mol. The Balaban J connectivity index is 1.40. The van der Waals surface area contributed by atoms with Crippen molar-refractivity contribution < 1.29 is 18.6 Å². The molecule has 2 aliphatic heterocycles. The summed E-state index contributed by atoms with van der Waals surface area (Å²) in [6.07, 6.45) is 13.0. The smallest absolute Gasteiger partial charge is 0.319 e. The molecule has 2 fully saturated rings. The highest BCUT2D eigenvalue weighted by Crippen LogP contribution is 2.40. The molecule has 2 aliphatic rings. The van der Waals surface area contributed by atoms with Crippen LogP contribution in [0.4, 0.5) is 14.6 Å². The van der Waals surface area contributed by atoms with E-state index in [4.69, 9.17) is 16.1 Å². The summed E-state index contributed by atoms with van der Waals surface area (Å²) in [5, 5.41) is 15.7. The highest BCUT2D eigenvalue weighted by atomic mass is 19.1. The van der Waals surface area contributed by atoms with E-state index in [1.54, 1.807) is 12.1 Å². The van der Waals surface area contributed by atoms with Crippen LogP contribution in [0.1, 0.15) is 50.5 Å². The largest absolute Gasteiger partial charge is 0.508 e. The van der Waals surface area contributed by atoms with Gasteiger partial charge in [0.1, 0.15) is 22.9 Å². The summed E-state index contributed by atoms with van der Waals surface area (Å²) in [4.78, 5) is 13.8. The van der Waals surface area contributed by atoms with Gasteiger partial charge in [0.2, 0.25) is 0 Å². The molecule has 7 nitrogen and oxygen atoms in total. The van der Waals surface area contributed by atoms with Crippen molar-refractivity contribution in [2.75, 3.05) is 45.2 Å². The van der Waals surface area contributed by atoms with E-state index in [1.807, 2.05) is 0 Å². The van der Waals surface area contributed by atoms with Gasteiger partial charge < -0.3 is 25.0 Å². The van der Waals surface area contributed by atoms with Gasteiger partial charge in [-0.25, -0.2) is 8.78 Å². The molecule has 2 saturated heterocycles. The molecular formula is C35H39F2N5O2. The molecule has 0 aliphatic carbocycles. The summed E-state index contributed by atoms with van der Waals surface area (Å²) in [6, 6.07) is 10.1. The van der Waals surface area contributed by atoms with Crippen molar-refractivity contribution in [1.29, 1.82) is 0 Å². The van der Waals surface area contributed by atoms with Gasteiger partial charge >= 0.3 is 6.01 Å². The van der Waals surface area contributed by atoms with Crippen molar-refractivity contribution in [3.8, 4) is 35.2 Å². The Morgan fingerprint density at radius 1 is 1.02 bits per heavy atom. The molecule has 2 atom stereocenters. The Morgan fingerprint density at radius 2 is 1.84 bits per heavy atom. The molecule has 2 bridgehead atoms. The Hall–Kier alpha value is -4.00. The number of hydrogen-bond acceptors (Lipinski definition) is 7. The number of ether oxygens (including phenoxy) is 1. The lowest BCUT2D eigenvalue weighted by Crippen LogP contribution is -2.36. The lowest BCUT2D eigenvalue weighted by atomic mass is 9.93. The van der Waals surface area contributed by atoms with Crippen LogP contribution in [0.2, 0.25) is 0 Å². The first-order chi connectivity index (χ1) is 21.3. The number of anilines is 1. The van der Waals surface area contributed by atoms with E-state index in [2.05, 4.69) is 40.1 Å². The third-order valence-corrected chi connectivity index (χ3v) is 8.81. The van der Waals surface area contributed by atoms with Gasteiger partial charge in [0, 0.05) is 41.5 Å². The van der Waals surface area contributed by atoms with Gasteiger partial charge in [0.15, 0.2) is 5.82 Å². The predicted molar refractivity (Wildman–Crippen MR) is 171 cm³/mol. The second-order valence-corrected chi connectivity index (χ2v) is 12.2. The first kappa shape index (κ1) is 30.0. The summed E-state index contributed by atoms with van der Waals surface area (Å²) >= 11 is 0. The lowest BCUT2D eigenvalue weighted by molar-refractivity contribution is 0.281. The highest BCUT2D eigenvalue weighted by Gasteiger charge is 2.31. The highest BCUT2D eigenvalue weighted by molar-refractivity contribution is 6.04. The Labute approximate surface area is 257 Å². The van der Waals surface area contributed by atoms with E-state index in [0.29, 0.717) is 46.2 Å². The van der Waals surface area contributed by atoms with Gasteiger partial charge in [-0.1, -0.05) is 30.9 Å². The number of unbranched alkanes of at least 4 members (excludes halogenated alkanes) is 3. The predicted octanol–water partition coefficient (Wildman–Crippen LogP) is 6.25. The number of aromatic hydroxyl groups is 1. The Morgan fingerprint density at radius 3 is 2.66 bits per heavy atom. The molecular weight excluding hydrogens is 560 g/mol. The first-order valence-electron chi connectivity index (χ1n) is 15.5. The fraction of sp³-hybridized carbons (Fsp3) is 0.429. The number of benzene rings is 3. The zero-order chi connectivity index (χ0) is 30.8. The fourth-order valence-corrected chi connectivity index (χ4v) is 6.60. The third kappa shape index (κ3) is 6.15. The van der Waals surface area contributed by atoms with Crippen LogP contribution in [0.25, 0.3) is 32.8 Å². The van der Waals surface area contributed by atoms with Crippen LogP contribution in [-0.4, -0.2) is 72.4 Å². The molecule has 1 aromatic heterocycles. The molecule has 44 heavy (non-hydrogen) atoms. The van der Waals surface area contributed by atoms with Gasteiger partial charge in [-0.05, 0) is 88.0 Å². The number of rotatable bonds is 10. The zero-order valence-corrected chi connectivity index (χ0v) is 25.4. The normalized spacial score (nSPS) is 18.2. The van der Waals surface area contributed by atoms with Crippen molar-refractivity contribution in [2.24, 2.45) is 0 Å². The van der Waals surface area contributed by atoms with Gasteiger partial charge in [-0.2, -0.15) is 9.97 Å². The maximum atomic E-state index is 16.7. The molecule has 1 unspecified atom stereocenters. The molecule has 3 heterocycles. The van der Waals surface area contributed by atoms with Gasteiger partial charge in [-0.15, -0.1) is 6.42 Å². The summed E-state index contributed by atoms with van der Waals surface area (Å²) in [5.41, 5.74) is 0.588. The fourth-order valence-electron chi connectivity index (χ4n) is 6.60. The van der Waals surface area contributed by atoms with E-state index >= 15 is 4.39 Å². The number of hydrogen-bond donors (Lipinski definition) is 2. The second kappa shape index (κ2) is 12.9. The van der Waals surface area contributed by atoms with Crippen molar-refractivity contribution in [1.82, 2.24) is 20.2 Å². The minimum absolute atomic E-state index is 0.0158. The molecule has 0 saturated carbocycles. The molecule has 0 amide bonds. The maximum absolute atomic E-state index is 16.7. The van der Waals surface area contributed by atoms with Crippen molar-refractivity contribution in [3.63, 3.8) is 0 Å². The second-order valence-electron chi connectivity index (χ2n) is 12.2. The van der Waals surface area contributed by atoms with E-state index in [-0.39, 0.29) is 28.4 Å². The Bertz CT molecular complexity index is 1720. The van der Waals surface area contributed by atoms with Crippen LogP contribution >= 0.6 is 0 Å². The maximum Gasteiger partial charge on any atom is 0.319 e. The minimum atomic E-state index is -0.603. The molecule has 0 spiro atoms. The van der Waals surface area contributed by atoms with Crippen LogP contribution < -0.4 is 15.0 Å². The zero-order valence-electron chi connectivity index (χ0n) is 25.4. The van der Waals surface area contributed by atoms with Crippen LogP contribution in [0, 0.1) is 24.0 Å². The van der Waals surface area contributed by atoms with Crippen LogP contribution in [0.5, 0.6) is 11.8 Å². The number of nitrogens with zero attached hydrogens (tertiary/aromatic N) is 4. The molecule has 2 N–H and O–H groups in total. The topological polar surface area (TPSA) is 73.8 Å². The van der Waals surface area contributed by atoms with Crippen molar-refractivity contribution in [3.05, 3.63) is 53.6 Å². The Kier molecular flexibility index (Phi) is 8.83. The number of aromatic nitrogens is 2. The van der Waals surface area contributed by atoms with E-state index in [9.17, 15) is 9.50 Å². The standard InChI is InChI=1S/C35H39F2N5O2/c1-4-26-30(36)14-9-22-19-25(43)20-29(31(22)26)27-12-13-28-33(32(27)37)39-35(44-18-8-6-5-7-16-41(2)3)40-34(28)42-17-15-23-10-11-24(21-42)38-23/h1,9,12-14,19-20,23-24,38,43H,5-8,10-11,15-18,21H2,2-3H3/t23-,24?/m1/s1. The number of fused-ring (bicyclic) bond motifs is 4. The van der Waals surface area contributed by atoms with E-state index < -0.39 is 11.6 Å². The van der Waals surface area contributed by atoms with Gasteiger partial charge in [-0.3, -0.25) is 0 Å². The molecule has 0 radical (unpaired) electrons. The molecule has 230 valence electrons. The lowest BCUT2D eigenvalue weighted by Gasteiger charge is -2.27. The van der Waals surface area contributed by atoms with E-state index in [0.717, 1.165) is 58.2 Å². The van der Waals surface area contributed by atoms with Crippen LogP contribution in [-0.2, 0) is 0 Å². The van der Waals surface area contributed by atoms with Crippen LogP contribution in [0.3, 0.4) is 0 Å². The van der Waals surface area contributed by atoms with Crippen molar-refractivity contribution in [2.45, 2.75) is 57.0 Å². The molecule has 9 heteroatoms. The van der Waals surface area contributed by atoms with Gasteiger partial charge in [0.25, 0.3) is 0 Å². The van der Waals surface area contributed by atoms with E-state index in [1.165, 1.54) is 30.7 Å². The number of phenolic OH excluding ortho intramolecular Hbond substituents is 1. The van der Waals surface area contributed by atoms with Crippen LogP contribution in [0.15, 0.2) is 36.4 Å². The van der Waals surface area contributed by atoms with Gasteiger partial charge in [0.05, 0.1) is 12.2 Å². The average Bonchev–Trinajstić information content (AvgIpc) is 3.34.